The minimum atomic E-state index is -0.234. The molecule has 6 heteroatoms. The van der Waals surface area contributed by atoms with E-state index in [0.717, 1.165) is 24.9 Å². The lowest BCUT2D eigenvalue weighted by Crippen LogP contribution is -2.28. The first-order valence-electron chi connectivity index (χ1n) is 10.1. The maximum Gasteiger partial charge on any atom is 0.223 e. The zero-order valence-corrected chi connectivity index (χ0v) is 16.3. The number of aryl methyl sites for hydroxylation is 3. The maximum absolute atomic E-state index is 13.1. The van der Waals surface area contributed by atoms with Crippen LogP contribution in [0.4, 0.5) is 4.39 Å². The third-order valence-corrected chi connectivity index (χ3v) is 5.41. The highest BCUT2D eigenvalue weighted by atomic mass is 19.1. The summed E-state index contributed by atoms with van der Waals surface area (Å²) >= 11 is 0. The van der Waals surface area contributed by atoms with Crippen molar-refractivity contribution < 1.29 is 13.6 Å². The summed E-state index contributed by atoms with van der Waals surface area (Å²) < 4.78 is 18.8. The zero-order valence-electron chi connectivity index (χ0n) is 16.3. The molecule has 29 heavy (non-hydrogen) atoms. The van der Waals surface area contributed by atoms with Gasteiger partial charge in [-0.3, -0.25) is 4.79 Å². The SMILES string of the molecule is O=C(CCc1nnc(CCc2ccccc2)o1)N1CCC(c2ccc(F)cc2)C1. The average molecular weight is 393 g/mol. The second kappa shape index (κ2) is 8.99. The van der Waals surface area contributed by atoms with E-state index in [1.807, 2.05) is 35.2 Å². The van der Waals surface area contributed by atoms with E-state index in [4.69, 9.17) is 4.42 Å². The van der Waals surface area contributed by atoms with Gasteiger partial charge in [-0.05, 0) is 36.1 Å². The molecule has 0 radical (unpaired) electrons. The molecular formula is C23H24FN3O2. The Kier molecular flexibility index (Phi) is 5.98. The van der Waals surface area contributed by atoms with Gasteiger partial charge in [0, 0.05) is 38.3 Å². The first-order valence-corrected chi connectivity index (χ1v) is 10.1. The van der Waals surface area contributed by atoms with Crippen molar-refractivity contribution in [2.24, 2.45) is 0 Å². The molecule has 1 unspecified atom stereocenters. The summed E-state index contributed by atoms with van der Waals surface area (Å²) in [6.07, 6.45) is 3.25. The Hall–Kier alpha value is -3.02. The van der Waals surface area contributed by atoms with E-state index in [1.165, 1.54) is 17.7 Å². The molecule has 0 saturated carbocycles. The van der Waals surface area contributed by atoms with Crippen LogP contribution in [0.2, 0.25) is 0 Å². The Morgan fingerprint density at radius 1 is 1.00 bits per heavy atom. The predicted molar refractivity (Wildman–Crippen MR) is 107 cm³/mol. The van der Waals surface area contributed by atoms with Gasteiger partial charge in [-0.2, -0.15) is 0 Å². The fourth-order valence-corrected chi connectivity index (χ4v) is 3.75. The predicted octanol–water partition coefficient (Wildman–Crippen LogP) is 3.94. The molecule has 1 saturated heterocycles. The topological polar surface area (TPSA) is 59.2 Å². The second-order valence-electron chi connectivity index (χ2n) is 7.45. The van der Waals surface area contributed by atoms with Crippen molar-refractivity contribution in [1.82, 2.24) is 15.1 Å². The van der Waals surface area contributed by atoms with Crippen molar-refractivity contribution >= 4 is 5.91 Å². The molecule has 150 valence electrons. The molecule has 1 atom stereocenters. The number of hydrogen-bond acceptors (Lipinski definition) is 4. The molecule has 2 aromatic carbocycles. The van der Waals surface area contributed by atoms with Crippen molar-refractivity contribution in [3.8, 4) is 0 Å². The normalized spacial score (nSPS) is 16.3. The van der Waals surface area contributed by atoms with Gasteiger partial charge in [0.1, 0.15) is 5.82 Å². The molecule has 4 rings (SSSR count). The third-order valence-electron chi connectivity index (χ3n) is 5.41. The zero-order chi connectivity index (χ0) is 20.1. The van der Waals surface area contributed by atoms with Gasteiger partial charge in [0.15, 0.2) is 0 Å². The van der Waals surface area contributed by atoms with Gasteiger partial charge in [0.05, 0.1) is 0 Å². The molecule has 1 amide bonds. The van der Waals surface area contributed by atoms with E-state index >= 15 is 0 Å². The largest absolute Gasteiger partial charge is 0.425 e. The Morgan fingerprint density at radius 2 is 1.72 bits per heavy atom. The quantitative estimate of drug-likeness (QED) is 0.610. The van der Waals surface area contributed by atoms with Crippen LogP contribution in [0, 0.1) is 5.82 Å². The van der Waals surface area contributed by atoms with E-state index in [2.05, 4.69) is 22.3 Å². The molecule has 2 heterocycles. The summed E-state index contributed by atoms with van der Waals surface area (Å²) in [6.45, 7) is 1.41. The monoisotopic (exact) mass is 393 g/mol. The van der Waals surface area contributed by atoms with Gasteiger partial charge in [-0.15, -0.1) is 10.2 Å². The van der Waals surface area contributed by atoms with Crippen molar-refractivity contribution in [1.29, 1.82) is 0 Å². The maximum atomic E-state index is 13.1. The van der Waals surface area contributed by atoms with Crippen LogP contribution in [0.25, 0.3) is 0 Å². The van der Waals surface area contributed by atoms with Crippen LogP contribution in [-0.4, -0.2) is 34.1 Å². The van der Waals surface area contributed by atoms with Crippen molar-refractivity contribution in [2.45, 2.75) is 38.0 Å². The van der Waals surface area contributed by atoms with Crippen LogP contribution in [0.5, 0.6) is 0 Å². The number of carbonyl (C=O) groups excluding carboxylic acids is 1. The second-order valence-corrected chi connectivity index (χ2v) is 7.45. The number of hydrogen-bond donors (Lipinski definition) is 0. The Morgan fingerprint density at radius 3 is 2.48 bits per heavy atom. The van der Waals surface area contributed by atoms with E-state index in [9.17, 15) is 9.18 Å². The molecule has 0 N–H and O–H groups in total. The molecule has 1 aliphatic heterocycles. The summed E-state index contributed by atoms with van der Waals surface area (Å²) in [5.41, 5.74) is 2.31. The minimum absolute atomic E-state index is 0.0960. The Balaban J connectivity index is 1.24. The van der Waals surface area contributed by atoms with Crippen LogP contribution < -0.4 is 0 Å². The molecule has 5 nitrogen and oxygen atoms in total. The molecule has 0 aliphatic carbocycles. The number of halogens is 1. The number of rotatable bonds is 7. The third kappa shape index (κ3) is 5.08. The molecule has 1 aromatic heterocycles. The fourth-order valence-electron chi connectivity index (χ4n) is 3.75. The van der Waals surface area contributed by atoms with Crippen LogP contribution in [0.3, 0.4) is 0 Å². The number of amides is 1. The van der Waals surface area contributed by atoms with Gasteiger partial charge in [-0.1, -0.05) is 42.5 Å². The van der Waals surface area contributed by atoms with Gasteiger partial charge in [-0.25, -0.2) is 4.39 Å². The minimum Gasteiger partial charge on any atom is -0.425 e. The number of benzene rings is 2. The first kappa shape index (κ1) is 19.3. The number of nitrogens with zero attached hydrogens (tertiary/aromatic N) is 3. The summed E-state index contributed by atoms with van der Waals surface area (Å²) in [4.78, 5) is 14.4. The molecule has 3 aromatic rings. The summed E-state index contributed by atoms with van der Waals surface area (Å²) in [5, 5.41) is 8.17. The highest BCUT2D eigenvalue weighted by molar-refractivity contribution is 5.76. The van der Waals surface area contributed by atoms with Gasteiger partial charge >= 0.3 is 0 Å². The van der Waals surface area contributed by atoms with Crippen molar-refractivity contribution in [3.63, 3.8) is 0 Å². The Bertz CT molecular complexity index is 940. The fraction of sp³-hybridized carbons (Fsp3) is 0.348. The summed E-state index contributed by atoms with van der Waals surface area (Å²) in [7, 11) is 0. The van der Waals surface area contributed by atoms with Gasteiger partial charge in [0.2, 0.25) is 17.7 Å². The first-order chi connectivity index (χ1) is 14.2. The van der Waals surface area contributed by atoms with Crippen LogP contribution in [0.1, 0.15) is 41.7 Å². The average Bonchev–Trinajstić information content (AvgIpc) is 3.42. The standard InChI is InChI=1S/C23H24FN3O2/c24-20-9-7-18(8-10-20)19-14-15-27(16-19)23(28)13-12-22-26-25-21(29-22)11-6-17-4-2-1-3-5-17/h1-5,7-10,19H,6,11-16H2. The Labute approximate surface area is 169 Å². The van der Waals surface area contributed by atoms with Crippen molar-refractivity contribution in [3.05, 3.63) is 83.3 Å². The number of carbonyl (C=O) groups is 1. The summed E-state index contributed by atoms with van der Waals surface area (Å²) in [6, 6.07) is 16.7. The molecule has 1 aliphatic rings. The van der Waals surface area contributed by atoms with Crippen LogP contribution >= 0.6 is 0 Å². The van der Waals surface area contributed by atoms with E-state index in [1.54, 1.807) is 0 Å². The highest BCUT2D eigenvalue weighted by Gasteiger charge is 2.27. The van der Waals surface area contributed by atoms with Gasteiger partial charge < -0.3 is 9.32 Å². The van der Waals surface area contributed by atoms with Crippen molar-refractivity contribution in [2.75, 3.05) is 13.1 Å². The number of aromatic nitrogens is 2. The lowest BCUT2D eigenvalue weighted by Gasteiger charge is -2.16. The van der Waals surface area contributed by atoms with Crippen LogP contribution in [-0.2, 0) is 24.1 Å². The molecular weight excluding hydrogens is 369 g/mol. The number of likely N-dealkylation sites (tertiary alicyclic amines) is 1. The lowest BCUT2D eigenvalue weighted by molar-refractivity contribution is -0.130. The van der Waals surface area contributed by atoms with E-state index in [0.29, 0.717) is 37.6 Å². The molecule has 1 fully saturated rings. The summed E-state index contributed by atoms with van der Waals surface area (Å²) in [5.74, 6) is 1.25. The highest BCUT2D eigenvalue weighted by Crippen LogP contribution is 2.27. The van der Waals surface area contributed by atoms with Gasteiger partial charge in [0.25, 0.3) is 0 Å². The van der Waals surface area contributed by atoms with E-state index < -0.39 is 0 Å². The van der Waals surface area contributed by atoms with Crippen LogP contribution in [0.15, 0.2) is 59.0 Å². The van der Waals surface area contributed by atoms with E-state index in [-0.39, 0.29) is 17.6 Å². The lowest BCUT2D eigenvalue weighted by atomic mass is 9.99. The molecule has 0 spiro atoms. The smallest absolute Gasteiger partial charge is 0.223 e. The molecule has 0 bridgehead atoms.